The number of carbonyl (C=O) groups is 1. The molecule has 1 fully saturated rings. The highest BCUT2D eigenvalue weighted by Gasteiger charge is 2.39. The van der Waals surface area contributed by atoms with Crippen LogP contribution in [0, 0.1) is 5.92 Å². The monoisotopic (exact) mass is 206 g/mol. The SMILES string of the molecule is C=C(C(=O)C1CCCCC1)C(F)(F)F. The lowest BCUT2D eigenvalue weighted by Crippen LogP contribution is -2.26. The molecular formula is C10H13F3O. The Morgan fingerprint density at radius 1 is 1.14 bits per heavy atom. The van der Waals surface area contributed by atoms with Gasteiger partial charge in [0, 0.05) is 5.92 Å². The Hall–Kier alpha value is -0.800. The molecule has 0 saturated heterocycles. The van der Waals surface area contributed by atoms with E-state index in [2.05, 4.69) is 6.58 Å². The van der Waals surface area contributed by atoms with Gasteiger partial charge in [0.25, 0.3) is 0 Å². The molecule has 1 nitrogen and oxygen atoms in total. The summed E-state index contributed by atoms with van der Waals surface area (Å²) >= 11 is 0. The highest BCUT2D eigenvalue weighted by molar-refractivity contribution is 5.97. The van der Waals surface area contributed by atoms with E-state index < -0.39 is 23.5 Å². The predicted molar refractivity (Wildman–Crippen MR) is 46.8 cm³/mol. The zero-order valence-corrected chi connectivity index (χ0v) is 7.86. The number of hydrogen-bond acceptors (Lipinski definition) is 1. The summed E-state index contributed by atoms with van der Waals surface area (Å²) < 4.78 is 36.4. The standard InChI is InChI=1S/C10H13F3O/c1-7(10(11,12)13)9(14)8-5-3-2-4-6-8/h8H,1-6H2. The van der Waals surface area contributed by atoms with E-state index in [1.165, 1.54) is 0 Å². The Morgan fingerprint density at radius 3 is 2.07 bits per heavy atom. The van der Waals surface area contributed by atoms with Crippen molar-refractivity contribution >= 4 is 5.78 Å². The van der Waals surface area contributed by atoms with Gasteiger partial charge in [-0.2, -0.15) is 13.2 Å². The quantitative estimate of drug-likeness (QED) is 0.634. The number of alkyl halides is 3. The smallest absolute Gasteiger partial charge is 0.294 e. The number of rotatable bonds is 2. The minimum atomic E-state index is -4.56. The molecule has 0 amide bonds. The fourth-order valence-corrected chi connectivity index (χ4v) is 1.75. The van der Waals surface area contributed by atoms with Crippen LogP contribution in [0.25, 0.3) is 0 Å². The zero-order valence-electron chi connectivity index (χ0n) is 7.86. The molecule has 4 heteroatoms. The van der Waals surface area contributed by atoms with Gasteiger partial charge in [-0.05, 0) is 12.8 Å². The van der Waals surface area contributed by atoms with Crippen LogP contribution in [0.4, 0.5) is 13.2 Å². The summed E-state index contributed by atoms with van der Waals surface area (Å²) in [4.78, 5) is 11.3. The minimum absolute atomic E-state index is 0.446. The van der Waals surface area contributed by atoms with Gasteiger partial charge in [0.2, 0.25) is 0 Å². The van der Waals surface area contributed by atoms with E-state index in [9.17, 15) is 18.0 Å². The molecule has 0 heterocycles. The van der Waals surface area contributed by atoms with Crippen LogP contribution in [-0.4, -0.2) is 12.0 Å². The molecule has 80 valence electrons. The van der Waals surface area contributed by atoms with Gasteiger partial charge in [0.1, 0.15) is 0 Å². The van der Waals surface area contributed by atoms with Gasteiger partial charge in [-0.3, -0.25) is 4.79 Å². The molecule has 1 saturated carbocycles. The molecule has 0 radical (unpaired) electrons. The Bertz CT molecular complexity index is 236. The molecular weight excluding hydrogens is 193 g/mol. The lowest BCUT2D eigenvalue weighted by molar-refractivity contribution is -0.132. The zero-order chi connectivity index (χ0) is 10.8. The van der Waals surface area contributed by atoms with Gasteiger partial charge in [0.05, 0.1) is 5.57 Å². The Labute approximate surface area is 81.0 Å². The Morgan fingerprint density at radius 2 is 1.64 bits per heavy atom. The van der Waals surface area contributed by atoms with Gasteiger partial charge >= 0.3 is 6.18 Å². The fourth-order valence-electron chi connectivity index (χ4n) is 1.75. The molecule has 0 aromatic rings. The average Bonchev–Trinajstić information content (AvgIpc) is 2.15. The first-order valence-corrected chi connectivity index (χ1v) is 4.73. The van der Waals surface area contributed by atoms with Crippen LogP contribution >= 0.6 is 0 Å². The van der Waals surface area contributed by atoms with E-state index in [-0.39, 0.29) is 0 Å². The highest BCUT2D eigenvalue weighted by atomic mass is 19.4. The van der Waals surface area contributed by atoms with Crippen molar-refractivity contribution in [1.29, 1.82) is 0 Å². The summed E-state index contributed by atoms with van der Waals surface area (Å²) in [5, 5.41) is 0. The molecule has 0 aromatic heterocycles. The van der Waals surface area contributed by atoms with E-state index >= 15 is 0 Å². The van der Waals surface area contributed by atoms with E-state index in [1.807, 2.05) is 0 Å². The van der Waals surface area contributed by atoms with Gasteiger partial charge in [-0.1, -0.05) is 25.8 Å². The number of ketones is 1. The molecule has 0 unspecified atom stereocenters. The number of carbonyl (C=O) groups excluding carboxylic acids is 1. The van der Waals surface area contributed by atoms with E-state index in [0.717, 1.165) is 19.3 Å². The van der Waals surface area contributed by atoms with Crippen molar-refractivity contribution in [2.24, 2.45) is 5.92 Å². The molecule has 0 aliphatic heterocycles. The molecule has 1 aliphatic rings. The predicted octanol–water partition coefficient (Wildman–Crippen LogP) is 3.25. The summed E-state index contributed by atoms with van der Waals surface area (Å²) in [7, 11) is 0. The van der Waals surface area contributed by atoms with Crippen molar-refractivity contribution in [3.63, 3.8) is 0 Å². The highest BCUT2D eigenvalue weighted by Crippen LogP contribution is 2.32. The van der Waals surface area contributed by atoms with Gasteiger partial charge in [0.15, 0.2) is 5.78 Å². The van der Waals surface area contributed by atoms with Crippen LogP contribution in [0.15, 0.2) is 12.2 Å². The molecule has 1 rings (SSSR count). The van der Waals surface area contributed by atoms with Crippen LogP contribution in [0.1, 0.15) is 32.1 Å². The van der Waals surface area contributed by atoms with Crippen molar-refractivity contribution in [2.75, 3.05) is 0 Å². The Kier molecular flexibility index (Phi) is 3.34. The Balaban J connectivity index is 2.60. The maximum Gasteiger partial charge on any atom is 0.419 e. The molecule has 0 N–H and O–H groups in total. The van der Waals surface area contributed by atoms with Crippen LogP contribution in [0.3, 0.4) is 0 Å². The van der Waals surface area contributed by atoms with Crippen molar-refractivity contribution in [3.8, 4) is 0 Å². The lowest BCUT2D eigenvalue weighted by Gasteiger charge is -2.21. The van der Waals surface area contributed by atoms with E-state index in [1.54, 1.807) is 0 Å². The average molecular weight is 206 g/mol. The van der Waals surface area contributed by atoms with Crippen LogP contribution in [0.2, 0.25) is 0 Å². The number of halogens is 3. The number of hydrogen-bond donors (Lipinski definition) is 0. The third-order valence-corrected chi connectivity index (χ3v) is 2.62. The van der Waals surface area contributed by atoms with Gasteiger partial charge in [-0.25, -0.2) is 0 Å². The van der Waals surface area contributed by atoms with Crippen molar-refractivity contribution < 1.29 is 18.0 Å². The first kappa shape index (κ1) is 11.3. The van der Waals surface area contributed by atoms with Crippen molar-refractivity contribution in [1.82, 2.24) is 0 Å². The summed E-state index contributed by atoms with van der Waals surface area (Å²) in [5.74, 6) is -1.25. The summed E-state index contributed by atoms with van der Waals surface area (Å²) in [6.07, 6.45) is -0.693. The summed E-state index contributed by atoms with van der Waals surface area (Å²) in [6.45, 7) is 2.83. The summed E-state index contributed by atoms with van der Waals surface area (Å²) in [6, 6.07) is 0. The number of allylic oxidation sites excluding steroid dienone is 1. The van der Waals surface area contributed by atoms with Crippen molar-refractivity contribution in [3.05, 3.63) is 12.2 Å². The molecule has 14 heavy (non-hydrogen) atoms. The molecule has 0 aromatic carbocycles. The van der Waals surface area contributed by atoms with Gasteiger partial charge in [-0.15, -0.1) is 0 Å². The van der Waals surface area contributed by atoms with E-state index in [4.69, 9.17) is 0 Å². The first-order chi connectivity index (χ1) is 6.43. The first-order valence-electron chi connectivity index (χ1n) is 4.73. The second kappa shape index (κ2) is 4.15. The van der Waals surface area contributed by atoms with Crippen LogP contribution in [-0.2, 0) is 4.79 Å². The van der Waals surface area contributed by atoms with E-state index in [0.29, 0.717) is 12.8 Å². The minimum Gasteiger partial charge on any atom is -0.294 e. The topological polar surface area (TPSA) is 17.1 Å². The largest absolute Gasteiger partial charge is 0.419 e. The third-order valence-electron chi connectivity index (χ3n) is 2.62. The van der Waals surface area contributed by atoms with Gasteiger partial charge < -0.3 is 0 Å². The fraction of sp³-hybridized carbons (Fsp3) is 0.700. The third kappa shape index (κ3) is 2.59. The molecule has 0 spiro atoms. The molecule has 0 atom stereocenters. The number of Topliss-reactive ketones (excluding diaryl/α,β-unsaturated/α-hetero) is 1. The second-order valence-corrected chi connectivity index (χ2v) is 3.68. The second-order valence-electron chi connectivity index (χ2n) is 3.68. The van der Waals surface area contributed by atoms with Crippen LogP contribution in [0.5, 0.6) is 0 Å². The van der Waals surface area contributed by atoms with Crippen molar-refractivity contribution in [2.45, 2.75) is 38.3 Å². The molecule has 0 bridgehead atoms. The molecule has 1 aliphatic carbocycles. The normalized spacial score (nSPS) is 19.4. The summed E-state index contributed by atoms with van der Waals surface area (Å²) in [5.41, 5.74) is -1.19. The van der Waals surface area contributed by atoms with Crippen LogP contribution < -0.4 is 0 Å². The maximum atomic E-state index is 12.1. The maximum absolute atomic E-state index is 12.1. The lowest BCUT2D eigenvalue weighted by atomic mass is 9.84.